The van der Waals surface area contributed by atoms with E-state index in [1.807, 2.05) is 0 Å². The van der Waals surface area contributed by atoms with Gasteiger partial charge in [0.05, 0.1) is 24.4 Å². The molecule has 8 nitrogen and oxygen atoms in total. The zero-order chi connectivity index (χ0) is 19.9. The van der Waals surface area contributed by atoms with Crippen LogP contribution in [0.25, 0.3) is 0 Å². The molecule has 0 bridgehead atoms. The normalized spacial score (nSPS) is 32.8. The molecule has 0 aromatic carbocycles. The monoisotopic (exact) mass is 425 g/mol. The summed E-state index contributed by atoms with van der Waals surface area (Å²) >= 11 is 1.26. The van der Waals surface area contributed by atoms with E-state index in [4.69, 9.17) is 9.26 Å². The molecule has 10 heteroatoms. The van der Waals surface area contributed by atoms with Crippen LogP contribution in [0.2, 0.25) is 0 Å². The number of aliphatic hydroxyl groups excluding tert-OH is 3. The van der Waals surface area contributed by atoms with Gasteiger partial charge in [-0.3, -0.25) is 9.56 Å². The van der Waals surface area contributed by atoms with Gasteiger partial charge >= 0.3 is 7.60 Å². The Morgan fingerprint density at radius 2 is 1.89 bits per heavy atom. The molecule has 0 aliphatic carbocycles. The van der Waals surface area contributed by atoms with E-state index in [1.165, 1.54) is 31.0 Å². The second-order valence-corrected chi connectivity index (χ2v) is 10.2. The Bertz CT molecular complexity index is 535. The predicted molar refractivity (Wildman–Crippen MR) is 105 cm³/mol. The van der Waals surface area contributed by atoms with Crippen LogP contribution in [0.5, 0.6) is 0 Å². The zero-order valence-corrected chi connectivity index (χ0v) is 17.5. The molecule has 6 atom stereocenters. The number of aliphatic hydroxyl groups is 3. The Morgan fingerprint density at radius 3 is 2.59 bits per heavy atom. The number of fused-ring (bicyclic) bond motifs is 1. The third-order valence-corrected chi connectivity index (χ3v) is 7.37. The first-order valence-electron chi connectivity index (χ1n) is 9.70. The lowest BCUT2D eigenvalue weighted by Crippen LogP contribution is -2.55. The highest BCUT2D eigenvalue weighted by atomic mass is 32.2. The van der Waals surface area contributed by atoms with Gasteiger partial charge in [0.25, 0.3) is 0 Å². The molecule has 3 unspecified atom stereocenters. The largest absolute Gasteiger partial charge is 0.394 e. The van der Waals surface area contributed by atoms with Crippen molar-refractivity contribution in [3.8, 4) is 0 Å². The fraction of sp³-hybridized carbons (Fsp3) is 0.941. The van der Waals surface area contributed by atoms with Crippen LogP contribution >= 0.6 is 19.4 Å². The van der Waals surface area contributed by atoms with E-state index in [9.17, 15) is 24.8 Å². The number of aliphatic imine (C=N–C) groups is 1. The average Bonchev–Trinajstić information content (AvgIpc) is 3.05. The minimum atomic E-state index is -3.68. The highest BCUT2D eigenvalue weighted by molar-refractivity contribution is 8.14. The number of hydrogen-bond acceptors (Lipinski definition) is 8. The van der Waals surface area contributed by atoms with Gasteiger partial charge in [0.1, 0.15) is 29.8 Å². The van der Waals surface area contributed by atoms with Crippen LogP contribution in [0.1, 0.15) is 51.9 Å². The number of unbranched alkanes of at least 4 members (excludes halogenated alkanes) is 5. The van der Waals surface area contributed by atoms with Crippen LogP contribution in [0, 0.1) is 0 Å². The Hall–Kier alpha value is 0.0100. The van der Waals surface area contributed by atoms with E-state index >= 15 is 0 Å². The van der Waals surface area contributed by atoms with Crippen molar-refractivity contribution < 1.29 is 34.0 Å². The SMILES string of the molecule is CCCCCCCCOP(=O)(O)CCC1=NC2C(O[C@H](CO)[C@@H](O)[C@@H]2O)S1. The Kier molecular flexibility index (Phi) is 9.71. The maximum absolute atomic E-state index is 12.2. The topological polar surface area (TPSA) is 129 Å². The van der Waals surface area contributed by atoms with Crippen molar-refractivity contribution >= 4 is 24.4 Å². The first kappa shape index (κ1) is 23.3. The van der Waals surface area contributed by atoms with Crippen molar-refractivity contribution in [3.05, 3.63) is 0 Å². The van der Waals surface area contributed by atoms with Gasteiger partial charge in [-0.2, -0.15) is 0 Å². The van der Waals surface area contributed by atoms with Crippen molar-refractivity contribution in [2.45, 2.75) is 81.7 Å². The van der Waals surface area contributed by atoms with Crippen LogP contribution in [0.4, 0.5) is 0 Å². The molecule has 2 heterocycles. The molecule has 2 rings (SSSR count). The summed E-state index contributed by atoms with van der Waals surface area (Å²) in [6.45, 7) is 2.04. The lowest BCUT2D eigenvalue weighted by atomic mass is 9.99. The van der Waals surface area contributed by atoms with Gasteiger partial charge in [-0.15, -0.1) is 0 Å². The summed E-state index contributed by atoms with van der Waals surface area (Å²) in [6, 6.07) is -0.634. The lowest BCUT2D eigenvalue weighted by Gasteiger charge is -2.37. The summed E-state index contributed by atoms with van der Waals surface area (Å²) in [4.78, 5) is 14.3. The number of rotatable bonds is 12. The van der Waals surface area contributed by atoms with Gasteiger partial charge in [-0.1, -0.05) is 50.8 Å². The van der Waals surface area contributed by atoms with Crippen LogP contribution in [-0.2, 0) is 13.8 Å². The van der Waals surface area contributed by atoms with E-state index in [0.717, 1.165) is 19.3 Å². The summed E-state index contributed by atoms with van der Waals surface area (Å²) in [5, 5.41) is 29.8. The summed E-state index contributed by atoms with van der Waals surface area (Å²) in [5.41, 5.74) is -0.502. The number of ether oxygens (including phenoxy) is 1. The van der Waals surface area contributed by atoms with E-state index in [-0.39, 0.29) is 19.2 Å². The molecule has 1 fully saturated rings. The molecule has 27 heavy (non-hydrogen) atoms. The molecular weight excluding hydrogens is 393 g/mol. The number of hydrogen-bond donors (Lipinski definition) is 4. The standard InChI is InChI=1S/C17H32NO7PS/c1-2-3-4-5-6-7-9-24-26(22,23)10-8-13-18-14-16(21)15(20)12(11-19)25-17(14)27-13/h12,14-17,19-21H,2-11H2,1H3,(H,22,23)/t12-,14?,15-,16-,17?/m1/s1. The quantitative estimate of drug-likeness (QED) is 0.276. The van der Waals surface area contributed by atoms with Crippen LogP contribution in [-0.4, -0.2) is 74.4 Å². The van der Waals surface area contributed by atoms with Crippen LogP contribution < -0.4 is 0 Å². The smallest absolute Gasteiger partial charge is 0.328 e. The third-order valence-electron chi connectivity index (χ3n) is 4.79. The van der Waals surface area contributed by atoms with Crippen molar-refractivity contribution in [3.63, 3.8) is 0 Å². The maximum atomic E-state index is 12.2. The molecule has 0 aromatic heterocycles. The highest BCUT2D eigenvalue weighted by Crippen LogP contribution is 2.45. The van der Waals surface area contributed by atoms with Gasteiger partial charge < -0.3 is 29.5 Å². The Balaban J connectivity index is 1.70. The van der Waals surface area contributed by atoms with Gasteiger partial charge in [-0.05, 0) is 6.42 Å². The fourth-order valence-electron chi connectivity index (χ4n) is 3.15. The molecule has 158 valence electrons. The number of nitrogens with zero attached hydrogens (tertiary/aromatic N) is 1. The van der Waals surface area contributed by atoms with Crippen LogP contribution in [0.3, 0.4) is 0 Å². The lowest BCUT2D eigenvalue weighted by molar-refractivity contribution is -0.164. The Labute approximate surface area is 164 Å². The first-order valence-corrected chi connectivity index (χ1v) is 12.3. The zero-order valence-electron chi connectivity index (χ0n) is 15.8. The number of thioether (sulfide) groups is 1. The molecular formula is C17H32NO7PS. The minimum Gasteiger partial charge on any atom is -0.394 e. The molecule has 2 aliphatic rings. The van der Waals surface area contributed by atoms with E-state index in [0.29, 0.717) is 5.04 Å². The molecule has 2 aliphatic heterocycles. The molecule has 0 amide bonds. The second-order valence-electron chi connectivity index (χ2n) is 7.05. The van der Waals surface area contributed by atoms with Gasteiger partial charge in [-0.25, -0.2) is 0 Å². The van der Waals surface area contributed by atoms with Crippen LogP contribution in [0.15, 0.2) is 4.99 Å². The minimum absolute atomic E-state index is 0.0455. The van der Waals surface area contributed by atoms with E-state index < -0.39 is 44.0 Å². The van der Waals surface area contributed by atoms with E-state index in [2.05, 4.69) is 11.9 Å². The van der Waals surface area contributed by atoms with Crippen molar-refractivity contribution in [2.75, 3.05) is 19.4 Å². The van der Waals surface area contributed by atoms with Crippen molar-refractivity contribution in [2.24, 2.45) is 4.99 Å². The summed E-state index contributed by atoms with van der Waals surface area (Å²) < 4.78 is 22.9. The summed E-state index contributed by atoms with van der Waals surface area (Å²) in [7, 11) is -3.68. The Morgan fingerprint density at radius 1 is 1.19 bits per heavy atom. The first-order chi connectivity index (χ1) is 12.9. The molecule has 0 radical (unpaired) electrons. The van der Waals surface area contributed by atoms with Crippen molar-refractivity contribution in [1.82, 2.24) is 0 Å². The molecule has 0 aromatic rings. The molecule has 0 spiro atoms. The molecule has 4 N–H and O–H groups in total. The van der Waals surface area contributed by atoms with E-state index in [1.54, 1.807) is 0 Å². The van der Waals surface area contributed by atoms with Gasteiger partial charge in [0.2, 0.25) is 0 Å². The molecule has 0 saturated carbocycles. The van der Waals surface area contributed by atoms with Gasteiger partial charge in [0, 0.05) is 6.42 Å². The summed E-state index contributed by atoms with van der Waals surface area (Å²) in [5.74, 6) is 0. The third kappa shape index (κ3) is 7.08. The summed E-state index contributed by atoms with van der Waals surface area (Å²) in [6.07, 6.45) is 3.49. The average molecular weight is 425 g/mol. The predicted octanol–water partition coefficient (Wildman–Crippen LogP) is 1.89. The van der Waals surface area contributed by atoms with Gasteiger partial charge in [0.15, 0.2) is 0 Å². The highest BCUT2D eigenvalue weighted by Gasteiger charge is 2.47. The fourth-order valence-corrected chi connectivity index (χ4v) is 5.57. The molecule has 1 saturated heterocycles. The second kappa shape index (κ2) is 11.3. The van der Waals surface area contributed by atoms with Crippen molar-refractivity contribution in [1.29, 1.82) is 0 Å². The maximum Gasteiger partial charge on any atom is 0.328 e.